The van der Waals surface area contributed by atoms with Gasteiger partial charge >= 0.3 is 0 Å². The van der Waals surface area contributed by atoms with Gasteiger partial charge in [-0.1, -0.05) is 15.9 Å². The monoisotopic (exact) mass is 454 g/mol. The molecule has 1 N–H and O–H groups in total. The molecule has 0 saturated carbocycles. The van der Waals surface area contributed by atoms with Crippen LogP contribution in [-0.4, -0.2) is 37.5 Å². The van der Waals surface area contributed by atoms with Gasteiger partial charge in [0.1, 0.15) is 6.04 Å². The lowest BCUT2D eigenvalue weighted by Crippen LogP contribution is -2.43. The summed E-state index contributed by atoms with van der Waals surface area (Å²) in [5.74, 6) is -0.292. The number of halogens is 1. The molecule has 1 fully saturated rings. The second-order valence-corrected chi connectivity index (χ2v) is 9.63. The number of amides is 1. The molecular formula is C18H19BrN2O3S2. The molecule has 138 valence electrons. The van der Waals surface area contributed by atoms with Gasteiger partial charge in [0.2, 0.25) is 15.9 Å². The zero-order valence-corrected chi connectivity index (χ0v) is 17.4. The summed E-state index contributed by atoms with van der Waals surface area (Å²) in [6, 6.07) is 13.3. The highest BCUT2D eigenvalue weighted by molar-refractivity contribution is 9.10. The highest BCUT2D eigenvalue weighted by Gasteiger charge is 2.39. The van der Waals surface area contributed by atoms with E-state index in [0.717, 1.165) is 9.37 Å². The van der Waals surface area contributed by atoms with Gasteiger partial charge < -0.3 is 5.32 Å². The number of benzene rings is 2. The Morgan fingerprint density at radius 3 is 2.42 bits per heavy atom. The van der Waals surface area contributed by atoms with E-state index >= 15 is 0 Å². The summed E-state index contributed by atoms with van der Waals surface area (Å²) in [5, 5.41) is 2.84. The van der Waals surface area contributed by atoms with E-state index in [1.54, 1.807) is 36.0 Å². The maximum atomic E-state index is 12.9. The molecule has 0 aromatic heterocycles. The van der Waals surface area contributed by atoms with E-state index in [4.69, 9.17) is 0 Å². The average Bonchev–Trinajstić information content (AvgIpc) is 3.13. The van der Waals surface area contributed by atoms with Crippen molar-refractivity contribution in [3.05, 3.63) is 53.0 Å². The van der Waals surface area contributed by atoms with Crippen molar-refractivity contribution in [3.63, 3.8) is 0 Å². The number of hydrogen-bond acceptors (Lipinski definition) is 4. The van der Waals surface area contributed by atoms with Crippen LogP contribution in [0, 0.1) is 0 Å². The highest BCUT2D eigenvalue weighted by Crippen LogP contribution is 2.28. The van der Waals surface area contributed by atoms with Crippen LogP contribution in [0.3, 0.4) is 0 Å². The van der Waals surface area contributed by atoms with Crippen LogP contribution >= 0.6 is 27.7 Å². The van der Waals surface area contributed by atoms with Crippen LogP contribution in [0.25, 0.3) is 0 Å². The fourth-order valence-corrected chi connectivity index (χ4v) is 5.26. The second-order valence-electron chi connectivity index (χ2n) is 5.95. The predicted octanol–water partition coefficient (Wildman–Crippen LogP) is 3.96. The number of nitrogens with one attached hydrogen (secondary N) is 1. The molecule has 26 heavy (non-hydrogen) atoms. The minimum absolute atomic E-state index is 0.199. The Kier molecular flexibility index (Phi) is 6.06. The normalized spacial score (nSPS) is 18.0. The Balaban J connectivity index is 1.78. The van der Waals surface area contributed by atoms with Gasteiger partial charge in [-0.25, -0.2) is 8.42 Å². The van der Waals surface area contributed by atoms with Crippen LogP contribution in [0.4, 0.5) is 5.69 Å². The standard InChI is InChI=1S/C18H19BrN2O3S2/c1-25-15-8-6-14(7-9-15)20-18(22)17-3-2-12-21(17)26(23,24)16-10-4-13(19)5-11-16/h4-11,17H,2-3,12H2,1H3,(H,20,22). The van der Waals surface area contributed by atoms with E-state index in [1.165, 1.54) is 4.31 Å². The first kappa shape index (κ1) is 19.4. The number of nitrogens with zero attached hydrogens (tertiary/aromatic N) is 1. The Morgan fingerprint density at radius 1 is 1.15 bits per heavy atom. The number of sulfonamides is 1. The molecule has 0 bridgehead atoms. The van der Waals surface area contributed by atoms with Crippen molar-refractivity contribution in [1.29, 1.82) is 0 Å². The smallest absolute Gasteiger partial charge is 0.243 e. The van der Waals surface area contributed by atoms with E-state index in [-0.39, 0.29) is 10.8 Å². The van der Waals surface area contributed by atoms with Crippen molar-refractivity contribution in [3.8, 4) is 0 Å². The van der Waals surface area contributed by atoms with Crippen LogP contribution in [-0.2, 0) is 14.8 Å². The molecule has 1 heterocycles. The van der Waals surface area contributed by atoms with Gasteiger partial charge in [0.15, 0.2) is 0 Å². The molecule has 1 saturated heterocycles. The fourth-order valence-electron chi connectivity index (χ4n) is 2.93. The molecule has 2 aromatic carbocycles. The third-order valence-corrected chi connectivity index (χ3v) is 7.48. The lowest BCUT2D eigenvalue weighted by atomic mass is 10.2. The third kappa shape index (κ3) is 4.14. The van der Waals surface area contributed by atoms with Gasteiger partial charge in [-0.05, 0) is 67.6 Å². The minimum atomic E-state index is -3.70. The van der Waals surface area contributed by atoms with E-state index in [0.29, 0.717) is 25.1 Å². The van der Waals surface area contributed by atoms with Gasteiger partial charge in [-0.15, -0.1) is 11.8 Å². The number of rotatable bonds is 5. The second kappa shape index (κ2) is 8.12. The number of anilines is 1. The zero-order valence-electron chi connectivity index (χ0n) is 14.2. The minimum Gasteiger partial charge on any atom is -0.325 e. The van der Waals surface area contributed by atoms with E-state index in [9.17, 15) is 13.2 Å². The summed E-state index contributed by atoms with van der Waals surface area (Å²) >= 11 is 4.92. The maximum Gasteiger partial charge on any atom is 0.243 e. The summed E-state index contributed by atoms with van der Waals surface area (Å²) in [6.45, 7) is 0.349. The molecule has 1 unspecified atom stereocenters. The van der Waals surface area contributed by atoms with Crippen molar-refractivity contribution >= 4 is 49.3 Å². The molecule has 1 aliphatic rings. The lowest BCUT2D eigenvalue weighted by Gasteiger charge is -2.23. The van der Waals surface area contributed by atoms with Crippen molar-refractivity contribution < 1.29 is 13.2 Å². The summed E-state index contributed by atoms with van der Waals surface area (Å²) in [7, 11) is -3.70. The lowest BCUT2D eigenvalue weighted by molar-refractivity contribution is -0.119. The van der Waals surface area contributed by atoms with Crippen LogP contribution < -0.4 is 5.32 Å². The van der Waals surface area contributed by atoms with Crippen molar-refractivity contribution in [1.82, 2.24) is 4.31 Å². The Morgan fingerprint density at radius 2 is 1.81 bits per heavy atom. The number of carbonyl (C=O) groups excluding carboxylic acids is 1. The predicted molar refractivity (Wildman–Crippen MR) is 108 cm³/mol. The first-order valence-electron chi connectivity index (χ1n) is 8.14. The first-order valence-corrected chi connectivity index (χ1v) is 11.6. The van der Waals surface area contributed by atoms with Crippen LogP contribution in [0.15, 0.2) is 62.8 Å². The number of hydrogen-bond donors (Lipinski definition) is 1. The first-order chi connectivity index (χ1) is 12.4. The van der Waals surface area contributed by atoms with Crippen LogP contribution in [0.5, 0.6) is 0 Å². The number of thioether (sulfide) groups is 1. The van der Waals surface area contributed by atoms with Gasteiger partial charge in [0, 0.05) is 21.6 Å². The Bertz CT molecular complexity index is 884. The van der Waals surface area contributed by atoms with Gasteiger partial charge in [0.25, 0.3) is 0 Å². The molecule has 2 aromatic rings. The molecule has 3 rings (SSSR count). The van der Waals surface area contributed by atoms with E-state index < -0.39 is 16.1 Å². The number of carbonyl (C=O) groups is 1. The van der Waals surface area contributed by atoms with Gasteiger partial charge in [-0.2, -0.15) is 4.31 Å². The summed E-state index contributed by atoms with van der Waals surface area (Å²) in [5.41, 5.74) is 0.667. The quantitative estimate of drug-likeness (QED) is 0.694. The summed E-state index contributed by atoms with van der Waals surface area (Å²) in [6.07, 6.45) is 3.17. The Hall–Kier alpha value is -1.35. The fraction of sp³-hybridized carbons (Fsp3) is 0.278. The van der Waals surface area contributed by atoms with Crippen molar-refractivity contribution in [2.45, 2.75) is 28.7 Å². The van der Waals surface area contributed by atoms with Crippen LogP contribution in [0.2, 0.25) is 0 Å². The van der Waals surface area contributed by atoms with E-state index in [1.807, 2.05) is 30.5 Å². The largest absolute Gasteiger partial charge is 0.325 e. The molecule has 8 heteroatoms. The van der Waals surface area contributed by atoms with Crippen molar-refractivity contribution in [2.75, 3.05) is 18.1 Å². The molecule has 0 radical (unpaired) electrons. The zero-order chi connectivity index (χ0) is 18.7. The molecule has 0 aliphatic carbocycles. The Labute approximate surface area is 166 Å². The summed E-state index contributed by atoms with van der Waals surface area (Å²) in [4.78, 5) is 14.0. The highest BCUT2D eigenvalue weighted by atomic mass is 79.9. The average molecular weight is 455 g/mol. The summed E-state index contributed by atoms with van der Waals surface area (Å²) < 4.78 is 28.0. The molecule has 0 spiro atoms. The topological polar surface area (TPSA) is 66.5 Å². The van der Waals surface area contributed by atoms with Crippen LogP contribution in [0.1, 0.15) is 12.8 Å². The maximum absolute atomic E-state index is 12.9. The van der Waals surface area contributed by atoms with E-state index in [2.05, 4.69) is 21.2 Å². The molecule has 1 aliphatic heterocycles. The SMILES string of the molecule is CSc1ccc(NC(=O)C2CCCN2S(=O)(=O)c2ccc(Br)cc2)cc1. The molecule has 5 nitrogen and oxygen atoms in total. The third-order valence-electron chi connectivity index (χ3n) is 4.28. The molecule has 1 atom stereocenters. The van der Waals surface area contributed by atoms with Gasteiger partial charge in [0.05, 0.1) is 4.90 Å². The van der Waals surface area contributed by atoms with Crippen molar-refractivity contribution in [2.24, 2.45) is 0 Å². The molecular weight excluding hydrogens is 436 g/mol. The molecule has 1 amide bonds. The van der Waals surface area contributed by atoms with Gasteiger partial charge in [-0.3, -0.25) is 4.79 Å².